The smallest absolute Gasteiger partial charge is 0.326 e. The lowest BCUT2D eigenvalue weighted by molar-refractivity contribution is -0.143. The Bertz CT molecular complexity index is 614. The summed E-state index contributed by atoms with van der Waals surface area (Å²) in [5.74, 6) is 0.387. The molecule has 138 valence electrons. The van der Waals surface area contributed by atoms with Gasteiger partial charge in [0.1, 0.15) is 6.04 Å². The number of carbonyl (C=O) groups excluding carboxylic acids is 1. The molecule has 1 aromatic carbocycles. The highest BCUT2D eigenvalue weighted by atomic mass is 16.5. The molecule has 1 amide bonds. The van der Waals surface area contributed by atoms with E-state index in [2.05, 4.69) is 13.8 Å². The van der Waals surface area contributed by atoms with Crippen molar-refractivity contribution in [1.29, 1.82) is 0 Å². The van der Waals surface area contributed by atoms with Crippen LogP contribution in [-0.2, 0) is 4.79 Å². The van der Waals surface area contributed by atoms with Crippen LogP contribution in [0.5, 0.6) is 11.5 Å². The van der Waals surface area contributed by atoms with E-state index in [1.807, 2.05) is 0 Å². The number of aliphatic carboxylic acids is 1. The number of piperidine rings is 1. The van der Waals surface area contributed by atoms with Crippen molar-refractivity contribution in [2.75, 3.05) is 20.3 Å². The Kier molecular flexibility index (Phi) is 6.67. The van der Waals surface area contributed by atoms with Crippen LogP contribution in [0.3, 0.4) is 0 Å². The van der Waals surface area contributed by atoms with Crippen molar-refractivity contribution in [2.24, 2.45) is 5.92 Å². The van der Waals surface area contributed by atoms with E-state index in [-0.39, 0.29) is 5.91 Å². The van der Waals surface area contributed by atoms with Crippen LogP contribution in [0.4, 0.5) is 0 Å². The minimum absolute atomic E-state index is 0.279. The maximum Gasteiger partial charge on any atom is 0.326 e. The number of carbonyl (C=O) groups is 2. The van der Waals surface area contributed by atoms with Gasteiger partial charge >= 0.3 is 5.97 Å². The monoisotopic (exact) mass is 349 g/mol. The fraction of sp³-hybridized carbons (Fsp3) is 0.579. The average molecular weight is 349 g/mol. The predicted molar refractivity (Wildman–Crippen MR) is 94.3 cm³/mol. The van der Waals surface area contributed by atoms with Gasteiger partial charge in [0.25, 0.3) is 5.91 Å². The van der Waals surface area contributed by atoms with E-state index < -0.39 is 12.0 Å². The minimum Gasteiger partial charge on any atom is -0.493 e. The van der Waals surface area contributed by atoms with Gasteiger partial charge in [0.05, 0.1) is 13.7 Å². The van der Waals surface area contributed by atoms with Gasteiger partial charge in [0, 0.05) is 12.1 Å². The van der Waals surface area contributed by atoms with Crippen LogP contribution < -0.4 is 9.47 Å². The zero-order valence-corrected chi connectivity index (χ0v) is 15.2. The molecule has 1 fully saturated rings. The summed E-state index contributed by atoms with van der Waals surface area (Å²) in [4.78, 5) is 25.6. The van der Waals surface area contributed by atoms with Gasteiger partial charge in [-0.05, 0) is 49.8 Å². The van der Waals surface area contributed by atoms with Crippen molar-refractivity contribution >= 4 is 11.9 Å². The Morgan fingerprint density at radius 1 is 1.28 bits per heavy atom. The average Bonchev–Trinajstić information content (AvgIpc) is 2.61. The normalized spacial score (nSPS) is 17.4. The second kappa shape index (κ2) is 8.74. The molecule has 2 rings (SSSR count). The summed E-state index contributed by atoms with van der Waals surface area (Å²) >= 11 is 0. The van der Waals surface area contributed by atoms with Crippen LogP contribution in [0.25, 0.3) is 0 Å². The molecule has 1 aliphatic heterocycles. The summed E-state index contributed by atoms with van der Waals surface area (Å²) < 4.78 is 11.1. The molecule has 0 bridgehead atoms. The largest absolute Gasteiger partial charge is 0.493 e. The van der Waals surface area contributed by atoms with Crippen LogP contribution in [-0.4, -0.2) is 48.2 Å². The van der Waals surface area contributed by atoms with Crippen LogP contribution >= 0.6 is 0 Å². The molecule has 1 atom stereocenters. The summed E-state index contributed by atoms with van der Waals surface area (Å²) in [6.45, 7) is 5.29. The third kappa shape index (κ3) is 4.87. The van der Waals surface area contributed by atoms with Crippen molar-refractivity contribution in [2.45, 2.75) is 45.6 Å². The van der Waals surface area contributed by atoms with E-state index in [0.717, 1.165) is 19.3 Å². The number of hydrogen-bond acceptors (Lipinski definition) is 4. The van der Waals surface area contributed by atoms with Gasteiger partial charge in [0.2, 0.25) is 0 Å². The van der Waals surface area contributed by atoms with Gasteiger partial charge in [-0.2, -0.15) is 0 Å². The molecule has 25 heavy (non-hydrogen) atoms. The maximum atomic E-state index is 12.8. The summed E-state index contributed by atoms with van der Waals surface area (Å²) in [5, 5.41) is 9.35. The van der Waals surface area contributed by atoms with Gasteiger partial charge in [-0.1, -0.05) is 13.8 Å². The Hall–Kier alpha value is -2.24. The van der Waals surface area contributed by atoms with Crippen LogP contribution in [0, 0.1) is 5.92 Å². The van der Waals surface area contributed by atoms with Crippen LogP contribution in [0.15, 0.2) is 18.2 Å². The predicted octanol–water partition coefficient (Wildman–Crippen LogP) is 3.20. The van der Waals surface area contributed by atoms with Gasteiger partial charge in [-0.15, -0.1) is 0 Å². The fourth-order valence-corrected chi connectivity index (χ4v) is 2.92. The second-order valence-corrected chi connectivity index (χ2v) is 6.74. The quantitative estimate of drug-likeness (QED) is 0.818. The number of benzene rings is 1. The number of likely N-dealkylation sites (tertiary alicyclic amines) is 1. The third-order valence-corrected chi connectivity index (χ3v) is 4.41. The number of hydrogen-bond donors (Lipinski definition) is 1. The van der Waals surface area contributed by atoms with Crippen molar-refractivity contribution in [1.82, 2.24) is 4.90 Å². The summed E-state index contributed by atoms with van der Waals surface area (Å²) in [7, 11) is 1.53. The second-order valence-electron chi connectivity index (χ2n) is 6.74. The van der Waals surface area contributed by atoms with Crippen molar-refractivity contribution in [3.05, 3.63) is 23.8 Å². The van der Waals surface area contributed by atoms with Crippen LogP contribution in [0.1, 0.15) is 49.9 Å². The summed E-state index contributed by atoms with van der Waals surface area (Å²) in [5.41, 5.74) is 0.418. The molecule has 0 radical (unpaired) electrons. The van der Waals surface area contributed by atoms with Gasteiger partial charge in [0.15, 0.2) is 11.5 Å². The lowest BCUT2D eigenvalue weighted by Gasteiger charge is -2.33. The van der Waals surface area contributed by atoms with E-state index in [0.29, 0.717) is 42.6 Å². The maximum absolute atomic E-state index is 12.8. The Balaban J connectivity index is 2.15. The van der Waals surface area contributed by atoms with E-state index in [9.17, 15) is 14.7 Å². The molecule has 0 spiro atoms. The molecular weight excluding hydrogens is 322 g/mol. The topological polar surface area (TPSA) is 76.1 Å². The molecule has 1 N–H and O–H groups in total. The highest BCUT2D eigenvalue weighted by Crippen LogP contribution is 2.30. The van der Waals surface area contributed by atoms with Gasteiger partial charge in [-0.3, -0.25) is 4.79 Å². The van der Waals surface area contributed by atoms with E-state index >= 15 is 0 Å². The standard InChI is InChI=1S/C19H27NO5/c1-13(2)9-11-25-16-8-7-14(12-17(16)24-3)18(21)20-10-5-4-6-15(20)19(22)23/h7-8,12-13,15H,4-6,9-11H2,1-3H3,(H,22,23)/t15-/m1/s1. The lowest BCUT2D eigenvalue weighted by Crippen LogP contribution is -2.47. The first-order valence-electron chi connectivity index (χ1n) is 8.78. The highest BCUT2D eigenvalue weighted by molar-refractivity contribution is 5.97. The molecule has 6 nitrogen and oxygen atoms in total. The number of carboxylic acid groups (broad SMARTS) is 1. The van der Waals surface area contributed by atoms with Gasteiger partial charge < -0.3 is 19.5 Å². The molecule has 0 saturated carbocycles. The fourth-order valence-electron chi connectivity index (χ4n) is 2.92. The molecule has 0 aromatic heterocycles. The number of amides is 1. The molecule has 0 aliphatic carbocycles. The molecule has 1 heterocycles. The number of carboxylic acids is 1. The van der Waals surface area contributed by atoms with E-state index in [1.165, 1.54) is 12.0 Å². The molecule has 1 saturated heterocycles. The number of nitrogens with zero attached hydrogens (tertiary/aromatic N) is 1. The minimum atomic E-state index is -0.950. The molecule has 6 heteroatoms. The van der Waals surface area contributed by atoms with Crippen molar-refractivity contribution < 1.29 is 24.2 Å². The van der Waals surface area contributed by atoms with Crippen LogP contribution in [0.2, 0.25) is 0 Å². The first kappa shape index (κ1) is 19.1. The molecule has 0 unspecified atom stereocenters. The highest BCUT2D eigenvalue weighted by Gasteiger charge is 2.32. The molecule has 1 aliphatic rings. The number of methoxy groups -OCH3 is 1. The van der Waals surface area contributed by atoms with E-state index in [4.69, 9.17) is 9.47 Å². The zero-order valence-electron chi connectivity index (χ0n) is 15.2. The molecule has 1 aromatic rings. The number of rotatable bonds is 7. The van der Waals surface area contributed by atoms with E-state index in [1.54, 1.807) is 18.2 Å². The SMILES string of the molecule is COc1cc(C(=O)N2CCCC[C@@H]2C(=O)O)ccc1OCCC(C)C. The first-order valence-corrected chi connectivity index (χ1v) is 8.78. The summed E-state index contributed by atoms with van der Waals surface area (Å²) in [6, 6.07) is 4.25. The zero-order chi connectivity index (χ0) is 18.4. The Labute approximate surface area is 148 Å². The summed E-state index contributed by atoms with van der Waals surface area (Å²) in [6.07, 6.45) is 3.07. The number of ether oxygens (including phenoxy) is 2. The van der Waals surface area contributed by atoms with Gasteiger partial charge in [-0.25, -0.2) is 4.79 Å². The first-order chi connectivity index (χ1) is 11.9. The lowest BCUT2D eigenvalue weighted by atomic mass is 10.0. The van der Waals surface area contributed by atoms with Crippen molar-refractivity contribution in [3.63, 3.8) is 0 Å². The Morgan fingerprint density at radius 3 is 2.68 bits per heavy atom. The molecular formula is C19H27NO5. The van der Waals surface area contributed by atoms with Crippen molar-refractivity contribution in [3.8, 4) is 11.5 Å². The Morgan fingerprint density at radius 2 is 2.04 bits per heavy atom. The third-order valence-electron chi connectivity index (χ3n) is 4.41.